The highest BCUT2D eigenvalue weighted by Crippen LogP contribution is 2.30. The minimum atomic E-state index is -0.0888. The number of aromatic nitrogens is 1. The smallest absolute Gasteiger partial charge is 0.162 e. The first kappa shape index (κ1) is 12.8. The molecule has 19 heavy (non-hydrogen) atoms. The van der Waals surface area contributed by atoms with Crippen molar-refractivity contribution in [2.24, 2.45) is 0 Å². The van der Waals surface area contributed by atoms with Crippen molar-refractivity contribution in [3.63, 3.8) is 0 Å². The van der Waals surface area contributed by atoms with Crippen LogP contribution in [0.3, 0.4) is 0 Å². The van der Waals surface area contributed by atoms with Crippen LogP contribution in [-0.4, -0.2) is 22.2 Å². The summed E-state index contributed by atoms with van der Waals surface area (Å²) in [5.74, 6) is 0.814. The van der Waals surface area contributed by atoms with E-state index in [0.29, 0.717) is 6.54 Å². The topological polar surface area (TPSA) is 58.3 Å². The van der Waals surface area contributed by atoms with E-state index in [1.807, 2.05) is 17.5 Å². The van der Waals surface area contributed by atoms with Gasteiger partial charge < -0.3 is 14.8 Å². The zero-order chi connectivity index (χ0) is 13.1. The van der Waals surface area contributed by atoms with Gasteiger partial charge >= 0.3 is 0 Å². The molecule has 0 saturated heterocycles. The quantitative estimate of drug-likeness (QED) is 0.883. The molecule has 1 aliphatic carbocycles. The van der Waals surface area contributed by atoms with Gasteiger partial charge in [0, 0.05) is 17.5 Å². The summed E-state index contributed by atoms with van der Waals surface area (Å²) in [6, 6.07) is 3.79. The lowest BCUT2D eigenvalue weighted by Crippen LogP contribution is -2.45. The van der Waals surface area contributed by atoms with Crippen LogP contribution in [0.5, 0.6) is 0 Å². The van der Waals surface area contributed by atoms with Crippen LogP contribution < -0.4 is 5.32 Å². The molecule has 2 heterocycles. The highest BCUT2D eigenvalue weighted by molar-refractivity contribution is 7.13. The van der Waals surface area contributed by atoms with Crippen LogP contribution in [0.2, 0.25) is 0 Å². The van der Waals surface area contributed by atoms with E-state index in [9.17, 15) is 5.11 Å². The van der Waals surface area contributed by atoms with Gasteiger partial charge in [-0.25, -0.2) is 4.98 Å². The second-order valence-electron chi connectivity index (χ2n) is 5.12. The summed E-state index contributed by atoms with van der Waals surface area (Å²) in [7, 11) is 0. The van der Waals surface area contributed by atoms with Gasteiger partial charge in [-0.1, -0.05) is 12.8 Å². The Morgan fingerprint density at radius 1 is 1.42 bits per heavy atom. The first-order valence-corrected chi connectivity index (χ1v) is 7.53. The van der Waals surface area contributed by atoms with Gasteiger partial charge in [-0.3, -0.25) is 0 Å². The molecule has 102 valence electrons. The summed E-state index contributed by atoms with van der Waals surface area (Å²) in [6.07, 6.45) is 6.16. The lowest BCUT2D eigenvalue weighted by atomic mass is 9.99. The van der Waals surface area contributed by atoms with Crippen LogP contribution in [0.1, 0.15) is 31.4 Å². The molecule has 0 bridgehead atoms. The van der Waals surface area contributed by atoms with Crippen LogP contribution in [-0.2, 0) is 6.54 Å². The summed E-state index contributed by atoms with van der Waals surface area (Å²) < 4.78 is 5.34. The van der Waals surface area contributed by atoms with E-state index in [1.54, 1.807) is 17.6 Å². The predicted octanol–water partition coefficient (Wildman–Crippen LogP) is 2.80. The van der Waals surface area contributed by atoms with E-state index in [4.69, 9.17) is 4.42 Å². The summed E-state index contributed by atoms with van der Waals surface area (Å²) in [5.41, 5.74) is 0.921. The van der Waals surface area contributed by atoms with Crippen molar-refractivity contribution >= 4 is 11.3 Å². The molecule has 0 aromatic carbocycles. The zero-order valence-corrected chi connectivity index (χ0v) is 11.6. The third-order valence-electron chi connectivity index (χ3n) is 3.79. The minimum absolute atomic E-state index is 0.0888. The standard InChI is InChI=1S/C14H18N2O2S/c17-10-14(5-1-2-6-14)15-8-11-9-19-13(16-11)12-4-3-7-18-12/h3-4,7,9,15,17H,1-2,5-6,8,10H2. The highest BCUT2D eigenvalue weighted by atomic mass is 32.1. The normalized spacial score (nSPS) is 17.9. The van der Waals surface area contributed by atoms with Crippen LogP contribution in [0.15, 0.2) is 28.2 Å². The van der Waals surface area contributed by atoms with E-state index in [-0.39, 0.29) is 12.1 Å². The van der Waals surface area contributed by atoms with Gasteiger partial charge in [-0.2, -0.15) is 0 Å². The van der Waals surface area contributed by atoms with E-state index in [2.05, 4.69) is 10.3 Å². The SMILES string of the molecule is OCC1(NCc2csc(-c3ccco3)n2)CCCC1. The fourth-order valence-corrected chi connectivity index (χ4v) is 3.41. The molecule has 1 saturated carbocycles. The van der Waals surface area contributed by atoms with Crippen molar-refractivity contribution in [2.45, 2.75) is 37.8 Å². The summed E-state index contributed by atoms with van der Waals surface area (Å²) in [4.78, 5) is 4.56. The Kier molecular flexibility index (Phi) is 3.68. The molecule has 1 aliphatic rings. The van der Waals surface area contributed by atoms with Crippen molar-refractivity contribution < 1.29 is 9.52 Å². The molecule has 0 aliphatic heterocycles. The molecule has 5 heteroatoms. The summed E-state index contributed by atoms with van der Waals surface area (Å²) in [5, 5.41) is 16.0. The number of aliphatic hydroxyl groups excluding tert-OH is 1. The molecule has 2 N–H and O–H groups in total. The predicted molar refractivity (Wildman–Crippen MR) is 74.9 cm³/mol. The van der Waals surface area contributed by atoms with Gasteiger partial charge in [0.2, 0.25) is 0 Å². The Labute approximate surface area is 116 Å². The first-order valence-electron chi connectivity index (χ1n) is 6.65. The maximum atomic E-state index is 9.55. The number of hydrogen-bond donors (Lipinski definition) is 2. The fourth-order valence-electron chi connectivity index (χ4n) is 2.62. The van der Waals surface area contributed by atoms with Gasteiger partial charge in [-0.05, 0) is 25.0 Å². The summed E-state index contributed by atoms with van der Waals surface area (Å²) >= 11 is 1.59. The van der Waals surface area contributed by atoms with Crippen LogP contribution >= 0.6 is 11.3 Å². The van der Waals surface area contributed by atoms with Crippen molar-refractivity contribution in [3.05, 3.63) is 29.5 Å². The van der Waals surface area contributed by atoms with Crippen molar-refractivity contribution in [2.75, 3.05) is 6.61 Å². The number of nitrogens with zero attached hydrogens (tertiary/aromatic N) is 1. The molecule has 0 amide bonds. The fraction of sp³-hybridized carbons (Fsp3) is 0.500. The van der Waals surface area contributed by atoms with Crippen LogP contribution in [0, 0.1) is 0 Å². The van der Waals surface area contributed by atoms with Crippen molar-refractivity contribution in [3.8, 4) is 10.8 Å². The monoisotopic (exact) mass is 278 g/mol. The van der Waals surface area contributed by atoms with E-state index >= 15 is 0 Å². The molecule has 3 rings (SSSR count). The van der Waals surface area contributed by atoms with Gasteiger partial charge in [0.1, 0.15) is 0 Å². The Morgan fingerprint density at radius 2 is 2.26 bits per heavy atom. The number of hydrogen-bond acceptors (Lipinski definition) is 5. The number of rotatable bonds is 5. The summed E-state index contributed by atoms with van der Waals surface area (Å²) in [6.45, 7) is 0.917. The van der Waals surface area contributed by atoms with Crippen molar-refractivity contribution in [1.82, 2.24) is 10.3 Å². The molecule has 0 atom stereocenters. The number of thiazole rings is 1. The average molecular weight is 278 g/mol. The van der Waals surface area contributed by atoms with Gasteiger partial charge in [0.25, 0.3) is 0 Å². The maximum absolute atomic E-state index is 9.55. The van der Waals surface area contributed by atoms with E-state index < -0.39 is 0 Å². The Morgan fingerprint density at radius 3 is 2.95 bits per heavy atom. The van der Waals surface area contributed by atoms with Gasteiger partial charge in [0.15, 0.2) is 10.8 Å². The molecule has 0 radical (unpaired) electrons. The molecular formula is C14H18N2O2S. The largest absolute Gasteiger partial charge is 0.462 e. The van der Waals surface area contributed by atoms with Gasteiger partial charge in [-0.15, -0.1) is 11.3 Å². The minimum Gasteiger partial charge on any atom is -0.462 e. The molecular weight excluding hydrogens is 260 g/mol. The average Bonchev–Trinajstić information content (AvgIpc) is 3.17. The Bertz CT molecular complexity index is 515. The molecule has 0 unspecified atom stereocenters. The Balaban J connectivity index is 1.64. The molecule has 4 nitrogen and oxygen atoms in total. The Hall–Kier alpha value is -1.17. The third-order valence-corrected chi connectivity index (χ3v) is 4.70. The second kappa shape index (κ2) is 5.45. The number of aliphatic hydroxyl groups is 1. The van der Waals surface area contributed by atoms with Crippen LogP contribution in [0.4, 0.5) is 0 Å². The maximum Gasteiger partial charge on any atom is 0.162 e. The number of furan rings is 1. The highest BCUT2D eigenvalue weighted by Gasteiger charge is 2.32. The molecule has 2 aromatic heterocycles. The van der Waals surface area contributed by atoms with Crippen molar-refractivity contribution in [1.29, 1.82) is 0 Å². The van der Waals surface area contributed by atoms with E-state index in [0.717, 1.165) is 29.3 Å². The van der Waals surface area contributed by atoms with Gasteiger partial charge in [0.05, 0.1) is 18.6 Å². The second-order valence-corrected chi connectivity index (χ2v) is 5.98. The van der Waals surface area contributed by atoms with E-state index in [1.165, 1.54) is 12.8 Å². The molecule has 1 fully saturated rings. The lowest BCUT2D eigenvalue weighted by molar-refractivity contribution is 0.162. The first-order chi connectivity index (χ1) is 9.31. The number of nitrogens with one attached hydrogen (secondary N) is 1. The zero-order valence-electron chi connectivity index (χ0n) is 10.8. The lowest BCUT2D eigenvalue weighted by Gasteiger charge is -2.27. The molecule has 0 spiro atoms. The third kappa shape index (κ3) is 2.73. The van der Waals surface area contributed by atoms with Crippen LogP contribution in [0.25, 0.3) is 10.8 Å². The molecule has 2 aromatic rings.